The molecule has 2 aliphatic rings. The second-order valence-electron chi connectivity index (χ2n) is 4.67. The van der Waals surface area contributed by atoms with Gasteiger partial charge in [-0.25, -0.2) is 0 Å². The molecule has 3 atom stereocenters. The van der Waals surface area contributed by atoms with Gasteiger partial charge in [-0.15, -0.1) is 0 Å². The first-order valence-electron chi connectivity index (χ1n) is 5.59. The highest BCUT2D eigenvalue weighted by molar-refractivity contribution is 4.99. The highest BCUT2D eigenvalue weighted by atomic mass is 16.5. The molecular weight excluding hydrogens is 162 g/mol. The molecule has 0 spiro atoms. The van der Waals surface area contributed by atoms with Gasteiger partial charge in [0, 0.05) is 25.2 Å². The zero-order chi connectivity index (χ0) is 9.42. The molecule has 2 nitrogen and oxygen atoms in total. The number of hydrogen-bond donors (Lipinski definition) is 0. The van der Waals surface area contributed by atoms with Crippen LogP contribution in [-0.4, -0.2) is 36.2 Å². The van der Waals surface area contributed by atoms with Gasteiger partial charge in [0.2, 0.25) is 0 Å². The topological polar surface area (TPSA) is 12.5 Å². The third kappa shape index (κ3) is 1.62. The molecule has 0 unspecified atom stereocenters. The minimum atomic E-state index is 0.574. The first-order chi connectivity index (χ1) is 6.22. The first kappa shape index (κ1) is 9.47. The molecule has 1 saturated carbocycles. The van der Waals surface area contributed by atoms with Crippen molar-refractivity contribution >= 4 is 0 Å². The summed E-state index contributed by atoms with van der Waals surface area (Å²) >= 11 is 0. The molecule has 0 aromatic rings. The van der Waals surface area contributed by atoms with Crippen LogP contribution in [0.25, 0.3) is 0 Å². The van der Waals surface area contributed by atoms with E-state index < -0.39 is 0 Å². The van der Waals surface area contributed by atoms with Gasteiger partial charge in [0.25, 0.3) is 0 Å². The monoisotopic (exact) mass is 183 g/mol. The quantitative estimate of drug-likeness (QED) is 0.662. The molecule has 1 aliphatic carbocycles. The molecule has 2 heteroatoms. The fourth-order valence-electron chi connectivity index (χ4n) is 2.99. The van der Waals surface area contributed by atoms with Crippen LogP contribution in [0.5, 0.6) is 0 Å². The minimum Gasteiger partial charge on any atom is -0.378 e. The summed E-state index contributed by atoms with van der Waals surface area (Å²) in [6, 6.07) is 1.54. The Morgan fingerprint density at radius 3 is 2.62 bits per heavy atom. The van der Waals surface area contributed by atoms with E-state index in [-0.39, 0.29) is 0 Å². The number of ether oxygens (including phenoxy) is 1. The van der Waals surface area contributed by atoms with Crippen molar-refractivity contribution in [2.24, 2.45) is 5.92 Å². The Hall–Kier alpha value is -0.0800. The molecule has 1 heterocycles. The van der Waals surface area contributed by atoms with Crippen molar-refractivity contribution in [3.63, 3.8) is 0 Å². The number of hydrogen-bond acceptors (Lipinski definition) is 2. The number of piperidine rings is 1. The third-order valence-corrected chi connectivity index (χ3v) is 3.56. The second-order valence-corrected chi connectivity index (χ2v) is 4.67. The molecule has 0 aromatic carbocycles. The Kier molecular flexibility index (Phi) is 2.61. The van der Waals surface area contributed by atoms with Gasteiger partial charge < -0.3 is 4.74 Å². The zero-order valence-electron chi connectivity index (χ0n) is 8.99. The van der Waals surface area contributed by atoms with Crippen molar-refractivity contribution < 1.29 is 4.74 Å². The van der Waals surface area contributed by atoms with Crippen LogP contribution in [0, 0.1) is 5.92 Å². The molecule has 2 fully saturated rings. The van der Waals surface area contributed by atoms with E-state index >= 15 is 0 Å². The maximum atomic E-state index is 5.74. The number of fused-ring (bicyclic) bond motifs is 2. The van der Waals surface area contributed by atoms with Crippen molar-refractivity contribution in [3.05, 3.63) is 0 Å². The SMILES string of the molecule is CCO[C@@H]1C[C@@H]2C[C@H]1CN2C(C)C. The van der Waals surface area contributed by atoms with Crippen molar-refractivity contribution in [1.29, 1.82) is 0 Å². The zero-order valence-corrected chi connectivity index (χ0v) is 8.99. The van der Waals surface area contributed by atoms with Crippen LogP contribution >= 0.6 is 0 Å². The van der Waals surface area contributed by atoms with Crippen LogP contribution in [0.4, 0.5) is 0 Å². The van der Waals surface area contributed by atoms with E-state index in [1.807, 2.05) is 0 Å². The molecule has 0 radical (unpaired) electrons. The molecule has 2 bridgehead atoms. The van der Waals surface area contributed by atoms with Gasteiger partial charge in [-0.05, 0) is 39.5 Å². The van der Waals surface area contributed by atoms with Gasteiger partial charge >= 0.3 is 0 Å². The van der Waals surface area contributed by atoms with E-state index in [4.69, 9.17) is 4.74 Å². The van der Waals surface area contributed by atoms with E-state index in [9.17, 15) is 0 Å². The minimum absolute atomic E-state index is 0.574. The van der Waals surface area contributed by atoms with Gasteiger partial charge in [-0.3, -0.25) is 4.90 Å². The van der Waals surface area contributed by atoms with Crippen molar-refractivity contribution in [2.75, 3.05) is 13.2 Å². The summed E-state index contributed by atoms with van der Waals surface area (Å²) in [4.78, 5) is 2.64. The van der Waals surface area contributed by atoms with E-state index in [1.165, 1.54) is 19.4 Å². The lowest BCUT2D eigenvalue weighted by atomic mass is 10.1. The summed E-state index contributed by atoms with van der Waals surface area (Å²) < 4.78 is 5.74. The summed E-state index contributed by atoms with van der Waals surface area (Å²) in [5, 5.41) is 0. The van der Waals surface area contributed by atoms with Gasteiger partial charge in [0.05, 0.1) is 6.10 Å². The van der Waals surface area contributed by atoms with Gasteiger partial charge in [0.1, 0.15) is 0 Å². The number of likely N-dealkylation sites (tertiary alicyclic amines) is 1. The Morgan fingerprint density at radius 2 is 2.15 bits per heavy atom. The van der Waals surface area contributed by atoms with Crippen molar-refractivity contribution in [3.8, 4) is 0 Å². The predicted molar refractivity (Wildman–Crippen MR) is 53.8 cm³/mol. The number of rotatable bonds is 3. The Morgan fingerprint density at radius 1 is 1.38 bits per heavy atom. The summed E-state index contributed by atoms with van der Waals surface area (Å²) in [6.45, 7) is 8.86. The van der Waals surface area contributed by atoms with Crippen LogP contribution in [0.2, 0.25) is 0 Å². The van der Waals surface area contributed by atoms with Crippen molar-refractivity contribution in [2.45, 2.75) is 51.8 Å². The van der Waals surface area contributed by atoms with Crippen LogP contribution in [0.15, 0.2) is 0 Å². The lowest BCUT2D eigenvalue weighted by Crippen LogP contribution is -2.42. The summed E-state index contributed by atoms with van der Waals surface area (Å²) in [6.07, 6.45) is 3.23. The van der Waals surface area contributed by atoms with E-state index in [2.05, 4.69) is 25.7 Å². The highest BCUT2D eigenvalue weighted by Crippen LogP contribution is 2.40. The summed E-state index contributed by atoms with van der Waals surface area (Å²) in [5.74, 6) is 0.826. The average molecular weight is 183 g/mol. The molecule has 2 rings (SSSR count). The van der Waals surface area contributed by atoms with Crippen LogP contribution in [0.3, 0.4) is 0 Å². The van der Waals surface area contributed by atoms with Crippen molar-refractivity contribution in [1.82, 2.24) is 4.90 Å². The smallest absolute Gasteiger partial charge is 0.0630 e. The molecular formula is C11H21NO. The molecule has 13 heavy (non-hydrogen) atoms. The molecule has 0 amide bonds. The normalized spacial score (nSPS) is 39.2. The Labute approximate surface area is 81.3 Å². The third-order valence-electron chi connectivity index (χ3n) is 3.56. The van der Waals surface area contributed by atoms with Gasteiger partial charge in [-0.1, -0.05) is 0 Å². The largest absolute Gasteiger partial charge is 0.378 e. The van der Waals surface area contributed by atoms with Gasteiger partial charge in [0.15, 0.2) is 0 Å². The first-order valence-corrected chi connectivity index (χ1v) is 5.59. The molecule has 1 saturated heterocycles. The van der Waals surface area contributed by atoms with Crippen LogP contribution in [0.1, 0.15) is 33.6 Å². The molecule has 76 valence electrons. The van der Waals surface area contributed by atoms with Gasteiger partial charge in [-0.2, -0.15) is 0 Å². The summed E-state index contributed by atoms with van der Waals surface area (Å²) in [5.41, 5.74) is 0. The predicted octanol–water partition coefficient (Wildman–Crippen LogP) is 1.89. The Balaban J connectivity index is 1.91. The molecule has 0 N–H and O–H groups in total. The average Bonchev–Trinajstić information content (AvgIpc) is 2.62. The maximum Gasteiger partial charge on any atom is 0.0630 e. The number of nitrogens with zero attached hydrogens (tertiary/aromatic N) is 1. The summed E-state index contributed by atoms with van der Waals surface area (Å²) in [7, 11) is 0. The lowest BCUT2D eigenvalue weighted by molar-refractivity contribution is 0.000410. The molecule has 0 aromatic heterocycles. The fraction of sp³-hybridized carbons (Fsp3) is 1.00. The highest BCUT2D eigenvalue weighted by Gasteiger charge is 2.45. The van der Waals surface area contributed by atoms with E-state index in [0.29, 0.717) is 6.10 Å². The lowest BCUT2D eigenvalue weighted by Gasteiger charge is -2.34. The van der Waals surface area contributed by atoms with Crippen LogP contribution in [-0.2, 0) is 4.74 Å². The Bertz CT molecular complexity index is 181. The van der Waals surface area contributed by atoms with E-state index in [0.717, 1.165) is 24.6 Å². The fourth-order valence-corrected chi connectivity index (χ4v) is 2.99. The maximum absolute atomic E-state index is 5.74. The standard InChI is InChI=1S/C11H21NO/c1-4-13-11-6-10-5-9(11)7-12(10)8(2)3/h8-11H,4-7H2,1-3H3/t9-,10-,11+/m0/s1. The molecule has 1 aliphatic heterocycles. The van der Waals surface area contributed by atoms with E-state index in [1.54, 1.807) is 0 Å². The van der Waals surface area contributed by atoms with Crippen LogP contribution < -0.4 is 0 Å². The second kappa shape index (κ2) is 3.58.